The van der Waals surface area contributed by atoms with Gasteiger partial charge in [0.1, 0.15) is 0 Å². The maximum Gasteiger partial charge on any atom is 0.160 e. The van der Waals surface area contributed by atoms with E-state index in [1.54, 1.807) is 0 Å². The lowest BCUT2D eigenvalue weighted by atomic mass is 9.89. The van der Waals surface area contributed by atoms with Crippen LogP contribution in [0.3, 0.4) is 0 Å². The van der Waals surface area contributed by atoms with Gasteiger partial charge < -0.3 is 4.57 Å². The second-order valence-electron chi connectivity index (χ2n) is 15.7. The highest BCUT2D eigenvalue weighted by Crippen LogP contribution is 2.45. The van der Waals surface area contributed by atoms with Crippen LogP contribution in [-0.2, 0) is 0 Å². The minimum absolute atomic E-state index is 0.698. The summed E-state index contributed by atoms with van der Waals surface area (Å²) < 4.78 is 5.02. The van der Waals surface area contributed by atoms with E-state index in [4.69, 9.17) is 9.97 Å². The molecule has 0 amide bonds. The van der Waals surface area contributed by atoms with E-state index in [0.717, 1.165) is 44.8 Å². The van der Waals surface area contributed by atoms with E-state index in [1.807, 2.05) is 23.5 Å². The van der Waals surface area contributed by atoms with Gasteiger partial charge in [0.15, 0.2) is 5.82 Å². The number of hydrogen-bond acceptors (Lipinski definition) is 3. The van der Waals surface area contributed by atoms with Gasteiger partial charge in [-0.15, -0.1) is 11.3 Å². The largest absolute Gasteiger partial charge is 0.309 e. The summed E-state index contributed by atoms with van der Waals surface area (Å²) in [5.41, 5.74) is 15.6. The third-order valence-electron chi connectivity index (χ3n) is 12.1. The summed E-state index contributed by atoms with van der Waals surface area (Å²) in [6.07, 6.45) is 0. The van der Waals surface area contributed by atoms with Crippen molar-refractivity contribution in [1.82, 2.24) is 14.5 Å². The zero-order valence-corrected chi connectivity index (χ0v) is 34.4. The topological polar surface area (TPSA) is 30.7 Å². The highest BCUT2D eigenvalue weighted by Gasteiger charge is 2.19. The zero-order valence-electron chi connectivity index (χ0n) is 33.6. The normalized spacial score (nSPS) is 11.5. The summed E-state index contributed by atoms with van der Waals surface area (Å²) in [7, 11) is 0. The Labute approximate surface area is 363 Å². The van der Waals surface area contributed by atoms with Gasteiger partial charge in [-0.05, 0) is 82.4 Å². The summed E-state index contributed by atoms with van der Waals surface area (Å²) in [4.78, 5) is 10.2. The van der Waals surface area contributed by atoms with Crippen molar-refractivity contribution in [2.24, 2.45) is 0 Å². The molecule has 0 aliphatic carbocycles. The van der Waals surface area contributed by atoms with Crippen molar-refractivity contribution in [3.63, 3.8) is 0 Å². The van der Waals surface area contributed by atoms with Crippen LogP contribution in [-0.4, -0.2) is 14.5 Å². The van der Waals surface area contributed by atoms with E-state index >= 15 is 0 Å². The molecule has 3 aromatic heterocycles. The summed E-state index contributed by atoms with van der Waals surface area (Å²) in [5.74, 6) is 0.698. The average molecular weight is 808 g/mol. The number of fused-ring (bicyclic) bond motifs is 6. The molecule has 3 heterocycles. The van der Waals surface area contributed by atoms with Crippen molar-refractivity contribution in [2.45, 2.75) is 0 Å². The van der Waals surface area contributed by atoms with Gasteiger partial charge in [0.05, 0.1) is 22.4 Å². The molecule has 0 N–H and O–H groups in total. The van der Waals surface area contributed by atoms with Crippen LogP contribution >= 0.6 is 11.3 Å². The minimum Gasteiger partial charge on any atom is -0.309 e. The van der Waals surface area contributed by atoms with Gasteiger partial charge in [-0.1, -0.05) is 170 Å². The van der Waals surface area contributed by atoms with Crippen LogP contribution < -0.4 is 0 Å². The molecule has 0 spiro atoms. The molecular formula is C58H37N3S. The van der Waals surface area contributed by atoms with Crippen molar-refractivity contribution in [1.29, 1.82) is 0 Å². The fraction of sp³-hybridized carbons (Fsp3) is 0. The monoisotopic (exact) mass is 807 g/mol. The number of nitrogens with zero attached hydrogens (tertiary/aromatic N) is 3. The predicted octanol–water partition coefficient (Wildman–Crippen LogP) is 15.9. The molecule has 0 aliphatic rings. The maximum absolute atomic E-state index is 5.09. The van der Waals surface area contributed by atoms with E-state index in [-0.39, 0.29) is 0 Å². The Balaban J connectivity index is 0.955. The van der Waals surface area contributed by atoms with Crippen LogP contribution in [0.5, 0.6) is 0 Å². The van der Waals surface area contributed by atoms with Crippen molar-refractivity contribution in [2.75, 3.05) is 0 Å². The molecule has 3 nitrogen and oxygen atoms in total. The Hall–Kier alpha value is -7.92. The number of benzene rings is 9. The lowest BCUT2D eigenvalue weighted by Crippen LogP contribution is -1.97. The molecular weight excluding hydrogens is 771 g/mol. The van der Waals surface area contributed by atoms with Crippen molar-refractivity contribution in [3.8, 4) is 73.0 Å². The van der Waals surface area contributed by atoms with E-state index < -0.39 is 0 Å². The molecule has 12 rings (SSSR count). The quantitative estimate of drug-likeness (QED) is 0.161. The Morgan fingerprint density at radius 1 is 0.323 bits per heavy atom. The first kappa shape index (κ1) is 36.0. The van der Waals surface area contributed by atoms with E-state index in [1.165, 1.54) is 64.3 Å². The number of rotatable bonds is 7. The standard InChI is InChI=1S/C58H37N3S/c1-3-16-38(17-4-1)52-37-53(39-18-5-2-6-19-39)60-58(59-52)40-30-33-42(34-31-40)61-54-28-13-11-24-47(54)51-36-41(32-35-55(51)61)43-20-7-8-21-44(43)45-22-9-10-23-46(45)49-26-15-27-50-48-25-12-14-29-56(48)62-57(49)50/h1-37H. The first-order valence-electron chi connectivity index (χ1n) is 21.0. The summed E-state index contributed by atoms with van der Waals surface area (Å²) in [6, 6.07) is 80.4. The second kappa shape index (κ2) is 15.0. The van der Waals surface area contributed by atoms with Gasteiger partial charge in [0.25, 0.3) is 0 Å². The van der Waals surface area contributed by atoms with Crippen LogP contribution in [0, 0.1) is 0 Å². The second-order valence-corrected chi connectivity index (χ2v) is 16.7. The fourth-order valence-electron chi connectivity index (χ4n) is 9.15. The van der Waals surface area contributed by atoms with Gasteiger partial charge in [0, 0.05) is 58.9 Å². The molecule has 0 saturated carbocycles. The molecule has 290 valence electrons. The first-order chi connectivity index (χ1) is 30.7. The number of hydrogen-bond donors (Lipinski definition) is 0. The molecule has 0 fully saturated rings. The van der Waals surface area contributed by atoms with E-state index in [0.29, 0.717) is 5.82 Å². The number of aromatic nitrogens is 3. The van der Waals surface area contributed by atoms with Crippen molar-refractivity contribution in [3.05, 3.63) is 224 Å². The Bertz CT molecular complexity index is 3560. The molecule has 4 heteroatoms. The highest BCUT2D eigenvalue weighted by atomic mass is 32.1. The van der Waals surface area contributed by atoms with Gasteiger partial charge in [-0.3, -0.25) is 0 Å². The number of thiophene rings is 1. The lowest BCUT2D eigenvalue weighted by molar-refractivity contribution is 1.16. The van der Waals surface area contributed by atoms with Crippen LogP contribution in [0.1, 0.15) is 0 Å². The Morgan fingerprint density at radius 3 is 1.55 bits per heavy atom. The smallest absolute Gasteiger partial charge is 0.160 e. The van der Waals surface area contributed by atoms with Crippen LogP contribution in [0.2, 0.25) is 0 Å². The lowest BCUT2D eigenvalue weighted by Gasteiger charge is -2.16. The molecule has 0 radical (unpaired) electrons. The zero-order chi connectivity index (χ0) is 41.0. The molecule has 9 aromatic carbocycles. The first-order valence-corrected chi connectivity index (χ1v) is 21.8. The van der Waals surface area contributed by atoms with E-state index in [9.17, 15) is 0 Å². The SMILES string of the molecule is c1ccc(-c2cc(-c3ccccc3)nc(-c3ccc(-n4c5ccccc5c5cc(-c6ccccc6-c6ccccc6-c6cccc7c6sc6ccccc67)ccc54)cc3)n2)cc1. The summed E-state index contributed by atoms with van der Waals surface area (Å²) >= 11 is 1.88. The fourth-order valence-corrected chi connectivity index (χ4v) is 10.4. The molecule has 12 aromatic rings. The van der Waals surface area contributed by atoms with E-state index in [2.05, 4.69) is 217 Å². The van der Waals surface area contributed by atoms with Crippen molar-refractivity contribution < 1.29 is 0 Å². The number of para-hydroxylation sites is 1. The van der Waals surface area contributed by atoms with Crippen LogP contribution in [0.4, 0.5) is 0 Å². The molecule has 0 saturated heterocycles. The molecule has 0 atom stereocenters. The highest BCUT2D eigenvalue weighted by molar-refractivity contribution is 7.26. The summed E-state index contributed by atoms with van der Waals surface area (Å²) in [6.45, 7) is 0. The molecule has 62 heavy (non-hydrogen) atoms. The van der Waals surface area contributed by atoms with Gasteiger partial charge in [-0.25, -0.2) is 9.97 Å². The molecule has 0 aliphatic heterocycles. The Kier molecular flexibility index (Phi) is 8.68. The van der Waals surface area contributed by atoms with Gasteiger partial charge in [-0.2, -0.15) is 0 Å². The molecule has 0 bridgehead atoms. The van der Waals surface area contributed by atoms with Crippen molar-refractivity contribution >= 4 is 53.3 Å². The molecule has 0 unspecified atom stereocenters. The third kappa shape index (κ3) is 6.11. The minimum atomic E-state index is 0.698. The summed E-state index contributed by atoms with van der Waals surface area (Å²) in [5, 5.41) is 5.06. The van der Waals surface area contributed by atoms with Gasteiger partial charge in [0.2, 0.25) is 0 Å². The van der Waals surface area contributed by atoms with Crippen LogP contribution in [0.15, 0.2) is 224 Å². The third-order valence-corrected chi connectivity index (χ3v) is 13.3. The maximum atomic E-state index is 5.09. The van der Waals surface area contributed by atoms with Gasteiger partial charge >= 0.3 is 0 Å². The average Bonchev–Trinajstić information content (AvgIpc) is 3.90. The predicted molar refractivity (Wildman–Crippen MR) is 262 cm³/mol. The Morgan fingerprint density at radius 2 is 0.839 bits per heavy atom. The van der Waals surface area contributed by atoms with Crippen LogP contribution in [0.25, 0.3) is 115 Å².